The zero-order chi connectivity index (χ0) is 15.9. The number of carbonyl (C=O) groups excluding carboxylic acids is 1. The number of benzene rings is 1. The summed E-state index contributed by atoms with van der Waals surface area (Å²) < 4.78 is 18.0. The predicted molar refractivity (Wildman–Crippen MR) is 79.6 cm³/mol. The predicted octanol–water partition coefficient (Wildman–Crippen LogP) is 2.97. The van der Waals surface area contributed by atoms with E-state index in [-0.39, 0.29) is 24.2 Å². The molecule has 0 aliphatic carbocycles. The number of nitrogens with zero attached hydrogens (tertiary/aromatic N) is 2. The number of hydrogen-bond acceptors (Lipinski definition) is 4. The first-order chi connectivity index (χ1) is 10.6. The minimum absolute atomic E-state index is 0.105. The zero-order valence-electron chi connectivity index (χ0n) is 12.8. The normalized spacial score (nSPS) is 12.1. The van der Waals surface area contributed by atoms with Crippen LogP contribution in [0.1, 0.15) is 50.0 Å². The number of hydrogen-bond donors (Lipinski definition) is 1. The Morgan fingerprint density at radius 2 is 2.05 bits per heavy atom. The Kier molecular flexibility index (Phi) is 5.63. The molecule has 6 heteroatoms. The first kappa shape index (κ1) is 16.1. The fraction of sp³-hybridized carbons (Fsp3) is 0.438. The van der Waals surface area contributed by atoms with Gasteiger partial charge >= 0.3 is 0 Å². The van der Waals surface area contributed by atoms with Crippen LogP contribution in [-0.4, -0.2) is 16.0 Å². The van der Waals surface area contributed by atoms with E-state index >= 15 is 0 Å². The van der Waals surface area contributed by atoms with Crippen LogP contribution in [0.3, 0.4) is 0 Å². The molecule has 118 valence electrons. The fourth-order valence-electron chi connectivity index (χ4n) is 2.09. The maximum absolute atomic E-state index is 12.9. The number of carbonyl (C=O) groups is 1. The third kappa shape index (κ3) is 4.65. The molecule has 0 saturated carbocycles. The Balaban J connectivity index is 1.80. The van der Waals surface area contributed by atoms with E-state index in [1.807, 2.05) is 13.8 Å². The third-order valence-electron chi connectivity index (χ3n) is 3.30. The number of halogens is 1. The number of rotatable bonds is 7. The van der Waals surface area contributed by atoms with Crippen LogP contribution >= 0.6 is 0 Å². The van der Waals surface area contributed by atoms with E-state index in [2.05, 4.69) is 15.5 Å². The second-order valence-corrected chi connectivity index (χ2v) is 5.20. The molecule has 5 nitrogen and oxygen atoms in total. The van der Waals surface area contributed by atoms with E-state index < -0.39 is 0 Å². The molecule has 0 aliphatic rings. The lowest BCUT2D eigenvalue weighted by Crippen LogP contribution is -2.26. The van der Waals surface area contributed by atoms with Gasteiger partial charge in [0.25, 0.3) is 0 Å². The molecule has 1 aromatic heterocycles. The van der Waals surface area contributed by atoms with Gasteiger partial charge in [0, 0.05) is 19.3 Å². The first-order valence-electron chi connectivity index (χ1n) is 7.44. The largest absolute Gasteiger partial charge is 0.350 e. The molecule has 0 radical (unpaired) electrons. The Bertz CT molecular complexity index is 610. The summed E-state index contributed by atoms with van der Waals surface area (Å²) in [6.07, 6.45) is 2.42. The summed E-state index contributed by atoms with van der Waals surface area (Å²) in [7, 11) is 0. The molecule has 22 heavy (non-hydrogen) atoms. The van der Waals surface area contributed by atoms with Gasteiger partial charge in [0.05, 0.1) is 6.04 Å². The Labute approximate surface area is 128 Å². The average molecular weight is 305 g/mol. The fourth-order valence-corrected chi connectivity index (χ4v) is 2.09. The highest BCUT2D eigenvalue weighted by atomic mass is 19.1. The molecule has 1 amide bonds. The number of amides is 1. The van der Waals surface area contributed by atoms with Crippen molar-refractivity contribution >= 4 is 5.91 Å². The Morgan fingerprint density at radius 3 is 2.73 bits per heavy atom. The van der Waals surface area contributed by atoms with Crippen molar-refractivity contribution in [1.29, 1.82) is 0 Å². The molecule has 1 heterocycles. The smallest absolute Gasteiger partial charge is 0.227 e. The van der Waals surface area contributed by atoms with Crippen LogP contribution in [0.15, 0.2) is 28.8 Å². The van der Waals surface area contributed by atoms with E-state index in [4.69, 9.17) is 4.52 Å². The van der Waals surface area contributed by atoms with Gasteiger partial charge in [-0.25, -0.2) is 4.39 Å². The van der Waals surface area contributed by atoms with E-state index in [0.717, 1.165) is 18.4 Å². The van der Waals surface area contributed by atoms with Gasteiger partial charge in [0.1, 0.15) is 5.82 Å². The van der Waals surface area contributed by atoms with Gasteiger partial charge in [-0.1, -0.05) is 24.2 Å². The summed E-state index contributed by atoms with van der Waals surface area (Å²) in [5.74, 6) is 0.763. The maximum atomic E-state index is 12.9. The van der Waals surface area contributed by atoms with Gasteiger partial charge in [0.2, 0.25) is 11.8 Å². The molecular weight excluding hydrogens is 285 g/mol. The minimum Gasteiger partial charge on any atom is -0.350 e. The molecule has 1 atom stereocenters. The van der Waals surface area contributed by atoms with Gasteiger partial charge in [-0.2, -0.15) is 4.98 Å². The van der Waals surface area contributed by atoms with Gasteiger partial charge in [-0.15, -0.1) is 0 Å². The highest BCUT2D eigenvalue weighted by Crippen LogP contribution is 2.13. The number of aromatic nitrogens is 2. The number of aryl methyl sites for hydroxylation is 2. The van der Waals surface area contributed by atoms with Gasteiger partial charge in [-0.05, 0) is 31.0 Å². The molecule has 0 saturated heterocycles. The average Bonchev–Trinajstić information content (AvgIpc) is 2.94. The third-order valence-corrected chi connectivity index (χ3v) is 3.30. The monoisotopic (exact) mass is 305 g/mol. The van der Waals surface area contributed by atoms with Crippen molar-refractivity contribution in [2.45, 2.75) is 45.6 Å². The van der Waals surface area contributed by atoms with E-state index in [1.165, 1.54) is 12.1 Å². The number of nitrogens with one attached hydrogen (secondary N) is 1. The van der Waals surface area contributed by atoms with Crippen molar-refractivity contribution in [3.63, 3.8) is 0 Å². The van der Waals surface area contributed by atoms with Crippen LogP contribution in [0.4, 0.5) is 4.39 Å². The molecule has 0 bridgehead atoms. The van der Waals surface area contributed by atoms with Crippen LogP contribution in [0, 0.1) is 5.82 Å². The Morgan fingerprint density at radius 1 is 1.32 bits per heavy atom. The van der Waals surface area contributed by atoms with Crippen molar-refractivity contribution in [3.05, 3.63) is 47.4 Å². The topological polar surface area (TPSA) is 68.0 Å². The summed E-state index contributed by atoms with van der Waals surface area (Å²) >= 11 is 0. The van der Waals surface area contributed by atoms with Crippen molar-refractivity contribution in [2.75, 3.05) is 0 Å². The summed E-state index contributed by atoms with van der Waals surface area (Å²) in [5.41, 5.74) is 0.859. The minimum atomic E-state index is -0.290. The molecule has 2 aromatic rings. The van der Waals surface area contributed by atoms with E-state index in [1.54, 1.807) is 12.1 Å². The maximum Gasteiger partial charge on any atom is 0.227 e. The van der Waals surface area contributed by atoms with Crippen LogP contribution in [0.5, 0.6) is 0 Å². The second-order valence-electron chi connectivity index (χ2n) is 5.20. The van der Waals surface area contributed by atoms with Crippen LogP contribution in [-0.2, 0) is 17.6 Å². The van der Waals surface area contributed by atoms with Gasteiger partial charge in [0.15, 0.2) is 5.82 Å². The summed E-state index contributed by atoms with van der Waals surface area (Å²) in [4.78, 5) is 16.1. The quantitative estimate of drug-likeness (QED) is 0.854. The molecule has 0 spiro atoms. The lowest BCUT2D eigenvalue weighted by molar-refractivity contribution is -0.121. The van der Waals surface area contributed by atoms with E-state index in [9.17, 15) is 9.18 Å². The van der Waals surface area contributed by atoms with Gasteiger partial charge < -0.3 is 9.84 Å². The van der Waals surface area contributed by atoms with Crippen LogP contribution < -0.4 is 5.32 Å². The van der Waals surface area contributed by atoms with Crippen molar-refractivity contribution in [2.24, 2.45) is 0 Å². The molecule has 2 rings (SSSR count). The summed E-state index contributed by atoms with van der Waals surface area (Å²) in [6.45, 7) is 3.90. The lowest BCUT2D eigenvalue weighted by atomic mass is 10.1. The SMILES string of the molecule is CCCc1noc(CCC(=O)N[C@H](C)c2ccc(F)cc2)n1. The summed E-state index contributed by atoms with van der Waals surface area (Å²) in [5, 5.41) is 6.71. The zero-order valence-corrected chi connectivity index (χ0v) is 12.8. The van der Waals surface area contributed by atoms with Crippen molar-refractivity contribution in [1.82, 2.24) is 15.5 Å². The molecular formula is C16H20FN3O2. The first-order valence-corrected chi connectivity index (χ1v) is 7.44. The second kappa shape index (κ2) is 7.68. The molecule has 1 N–H and O–H groups in total. The summed E-state index contributed by atoms with van der Waals surface area (Å²) in [6, 6.07) is 5.91. The van der Waals surface area contributed by atoms with E-state index in [0.29, 0.717) is 18.1 Å². The molecule has 1 aromatic carbocycles. The van der Waals surface area contributed by atoms with Gasteiger partial charge in [-0.3, -0.25) is 4.79 Å². The van der Waals surface area contributed by atoms with Crippen molar-refractivity contribution in [3.8, 4) is 0 Å². The van der Waals surface area contributed by atoms with Crippen LogP contribution in [0.2, 0.25) is 0 Å². The van der Waals surface area contributed by atoms with Crippen molar-refractivity contribution < 1.29 is 13.7 Å². The highest BCUT2D eigenvalue weighted by Gasteiger charge is 2.12. The highest BCUT2D eigenvalue weighted by molar-refractivity contribution is 5.76. The molecule has 0 unspecified atom stereocenters. The standard InChI is InChI=1S/C16H20FN3O2/c1-3-4-14-19-16(22-20-14)10-9-15(21)18-11(2)12-5-7-13(17)8-6-12/h5-8,11H,3-4,9-10H2,1-2H3,(H,18,21)/t11-/m1/s1. The lowest BCUT2D eigenvalue weighted by Gasteiger charge is -2.13. The molecule has 0 aliphatic heterocycles. The Hall–Kier alpha value is -2.24. The molecule has 0 fully saturated rings. The van der Waals surface area contributed by atoms with Crippen LogP contribution in [0.25, 0.3) is 0 Å².